The van der Waals surface area contributed by atoms with Crippen LogP contribution in [0.25, 0.3) is 0 Å². The molecule has 0 N–H and O–H groups in total. The van der Waals surface area contributed by atoms with E-state index in [9.17, 15) is 0 Å². The van der Waals surface area contributed by atoms with Gasteiger partial charge in [0.2, 0.25) is 0 Å². The van der Waals surface area contributed by atoms with Gasteiger partial charge in [-0.3, -0.25) is 0 Å². The maximum absolute atomic E-state index is 5.89. The summed E-state index contributed by atoms with van der Waals surface area (Å²) >= 11 is 0. The van der Waals surface area contributed by atoms with Crippen molar-refractivity contribution in [1.82, 2.24) is 0 Å². The fraction of sp³-hybridized carbons (Fsp3) is 0.467. The molecule has 0 spiro atoms. The molecule has 0 bridgehead atoms. The van der Waals surface area contributed by atoms with Gasteiger partial charge in [-0.25, -0.2) is 0 Å². The number of benzene rings is 1. The quantitative estimate of drug-likeness (QED) is 0.668. The molecule has 0 saturated carbocycles. The van der Waals surface area contributed by atoms with Crippen molar-refractivity contribution in [2.24, 2.45) is 5.92 Å². The van der Waals surface area contributed by atoms with Gasteiger partial charge in [0.05, 0.1) is 19.8 Å². The van der Waals surface area contributed by atoms with Crippen molar-refractivity contribution in [1.29, 1.82) is 0 Å². The molecule has 1 aromatic carbocycles. The molecular weight excluding hydrogens is 212 g/mol. The highest BCUT2D eigenvalue weighted by Gasteiger charge is 2.11. The van der Waals surface area contributed by atoms with Crippen LogP contribution >= 0.6 is 0 Å². The number of ether oxygens (including phenoxy) is 2. The van der Waals surface area contributed by atoms with Crippen LogP contribution < -0.4 is 4.74 Å². The molecule has 1 unspecified atom stereocenters. The Morgan fingerprint density at radius 2 is 1.88 bits per heavy atom. The molecule has 1 aromatic rings. The second-order valence-electron chi connectivity index (χ2n) is 4.47. The van der Waals surface area contributed by atoms with E-state index < -0.39 is 0 Å². The van der Waals surface area contributed by atoms with Crippen molar-refractivity contribution >= 4 is 0 Å². The predicted octanol–water partition coefficient (Wildman–Crippen LogP) is 3.81. The Kier molecular flexibility index (Phi) is 5.78. The van der Waals surface area contributed by atoms with Gasteiger partial charge in [0.25, 0.3) is 0 Å². The van der Waals surface area contributed by atoms with Gasteiger partial charge in [0.1, 0.15) is 5.75 Å². The summed E-state index contributed by atoms with van der Waals surface area (Å²) in [5, 5.41) is 0. The van der Waals surface area contributed by atoms with Crippen LogP contribution in [0, 0.1) is 5.92 Å². The van der Waals surface area contributed by atoms with Crippen LogP contribution in [0.15, 0.2) is 36.9 Å². The predicted molar refractivity (Wildman–Crippen MR) is 71.2 cm³/mol. The normalized spacial score (nSPS) is 12.5. The first-order chi connectivity index (χ1) is 8.17. The second kappa shape index (κ2) is 7.13. The zero-order chi connectivity index (χ0) is 12.7. The number of hydrogen-bond acceptors (Lipinski definition) is 2. The van der Waals surface area contributed by atoms with Crippen LogP contribution in [-0.2, 0) is 11.3 Å². The molecule has 0 aliphatic heterocycles. The third-order valence-electron chi connectivity index (χ3n) is 2.77. The van der Waals surface area contributed by atoms with Crippen molar-refractivity contribution in [3.63, 3.8) is 0 Å². The molecule has 1 rings (SSSR count). The average molecular weight is 234 g/mol. The Bertz CT molecular complexity index is 327. The summed E-state index contributed by atoms with van der Waals surface area (Å²) in [5.41, 5.74) is 1.17. The maximum atomic E-state index is 5.89. The molecule has 0 aliphatic rings. The highest BCUT2D eigenvalue weighted by Crippen LogP contribution is 2.16. The largest absolute Gasteiger partial charge is 0.497 e. The second-order valence-corrected chi connectivity index (χ2v) is 4.47. The number of rotatable bonds is 7. The molecule has 0 amide bonds. The Hall–Kier alpha value is -1.28. The molecule has 0 saturated heterocycles. The molecular formula is C15H22O2. The third kappa shape index (κ3) is 4.61. The summed E-state index contributed by atoms with van der Waals surface area (Å²) < 4.78 is 11.0. The molecule has 0 heterocycles. The summed E-state index contributed by atoms with van der Waals surface area (Å²) in [6.07, 6.45) is 3.06. The molecule has 94 valence electrons. The van der Waals surface area contributed by atoms with Crippen LogP contribution in [0.5, 0.6) is 5.75 Å². The van der Waals surface area contributed by atoms with E-state index in [1.165, 1.54) is 5.56 Å². The van der Waals surface area contributed by atoms with Crippen molar-refractivity contribution in [2.45, 2.75) is 33.0 Å². The highest BCUT2D eigenvalue weighted by atomic mass is 16.5. The van der Waals surface area contributed by atoms with Crippen LogP contribution in [0.1, 0.15) is 25.8 Å². The minimum atomic E-state index is 0.245. The molecule has 0 aromatic heterocycles. The van der Waals surface area contributed by atoms with E-state index in [-0.39, 0.29) is 6.10 Å². The lowest BCUT2D eigenvalue weighted by Gasteiger charge is -2.20. The monoisotopic (exact) mass is 234 g/mol. The average Bonchev–Trinajstić information content (AvgIpc) is 2.34. The molecule has 2 nitrogen and oxygen atoms in total. The van der Waals surface area contributed by atoms with Crippen LogP contribution in [0.4, 0.5) is 0 Å². The lowest BCUT2D eigenvalue weighted by atomic mass is 10.0. The fourth-order valence-electron chi connectivity index (χ4n) is 1.62. The minimum Gasteiger partial charge on any atom is -0.497 e. The van der Waals surface area contributed by atoms with E-state index in [0.29, 0.717) is 12.5 Å². The maximum Gasteiger partial charge on any atom is 0.118 e. The van der Waals surface area contributed by atoms with Gasteiger partial charge in [-0.1, -0.05) is 32.1 Å². The Balaban J connectivity index is 2.49. The van der Waals surface area contributed by atoms with E-state index in [0.717, 1.165) is 12.2 Å². The topological polar surface area (TPSA) is 18.5 Å². The first-order valence-corrected chi connectivity index (χ1v) is 6.02. The van der Waals surface area contributed by atoms with E-state index in [1.807, 2.05) is 30.3 Å². The van der Waals surface area contributed by atoms with E-state index in [2.05, 4.69) is 20.4 Å². The fourth-order valence-corrected chi connectivity index (χ4v) is 1.62. The summed E-state index contributed by atoms with van der Waals surface area (Å²) in [7, 11) is 1.67. The van der Waals surface area contributed by atoms with Gasteiger partial charge in [-0.15, -0.1) is 6.58 Å². The van der Waals surface area contributed by atoms with Crippen molar-refractivity contribution in [2.75, 3.05) is 7.11 Å². The zero-order valence-electron chi connectivity index (χ0n) is 11.0. The summed E-state index contributed by atoms with van der Waals surface area (Å²) in [5.74, 6) is 1.38. The lowest BCUT2D eigenvalue weighted by Crippen LogP contribution is -2.18. The molecule has 1 atom stereocenters. The Labute approximate surface area is 104 Å². The molecule has 0 radical (unpaired) electrons. The summed E-state index contributed by atoms with van der Waals surface area (Å²) in [4.78, 5) is 0. The molecule has 0 aliphatic carbocycles. The highest BCUT2D eigenvalue weighted by molar-refractivity contribution is 5.26. The SMILES string of the molecule is C=CCC(OCc1ccc(OC)cc1)C(C)C. The summed E-state index contributed by atoms with van der Waals surface area (Å²) in [6.45, 7) is 8.74. The van der Waals surface area contributed by atoms with Gasteiger partial charge in [-0.2, -0.15) is 0 Å². The van der Waals surface area contributed by atoms with Crippen LogP contribution in [0.3, 0.4) is 0 Å². The van der Waals surface area contributed by atoms with Crippen molar-refractivity contribution in [3.8, 4) is 5.75 Å². The molecule has 0 fully saturated rings. The van der Waals surface area contributed by atoms with E-state index in [1.54, 1.807) is 7.11 Å². The summed E-state index contributed by atoms with van der Waals surface area (Å²) in [6, 6.07) is 7.97. The molecule has 17 heavy (non-hydrogen) atoms. The van der Waals surface area contributed by atoms with Crippen molar-refractivity contribution < 1.29 is 9.47 Å². The van der Waals surface area contributed by atoms with Gasteiger partial charge in [0.15, 0.2) is 0 Å². The van der Waals surface area contributed by atoms with E-state index >= 15 is 0 Å². The standard InChI is InChI=1S/C15H22O2/c1-5-6-15(12(2)3)17-11-13-7-9-14(16-4)10-8-13/h5,7-10,12,15H,1,6,11H2,2-4H3. The smallest absolute Gasteiger partial charge is 0.118 e. The first kappa shape index (κ1) is 13.8. The van der Waals surface area contributed by atoms with E-state index in [4.69, 9.17) is 9.47 Å². The van der Waals surface area contributed by atoms with Crippen molar-refractivity contribution in [3.05, 3.63) is 42.5 Å². The third-order valence-corrected chi connectivity index (χ3v) is 2.77. The van der Waals surface area contributed by atoms with Gasteiger partial charge in [-0.05, 0) is 30.0 Å². The lowest BCUT2D eigenvalue weighted by molar-refractivity contribution is 0.0128. The Morgan fingerprint density at radius 3 is 2.35 bits per heavy atom. The minimum absolute atomic E-state index is 0.245. The zero-order valence-corrected chi connectivity index (χ0v) is 11.0. The first-order valence-electron chi connectivity index (χ1n) is 6.02. The van der Waals surface area contributed by atoms with Gasteiger partial charge < -0.3 is 9.47 Å². The van der Waals surface area contributed by atoms with Crippen LogP contribution in [-0.4, -0.2) is 13.2 Å². The number of hydrogen-bond donors (Lipinski definition) is 0. The molecule has 2 heteroatoms. The van der Waals surface area contributed by atoms with Gasteiger partial charge >= 0.3 is 0 Å². The Morgan fingerprint density at radius 1 is 1.24 bits per heavy atom. The van der Waals surface area contributed by atoms with Crippen LogP contribution in [0.2, 0.25) is 0 Å². The van der Waals surface area contributed by atoms with Gasteiger partial charge in [0, 0.05) is 0 Å². The number of methoxy groups -OCH3 is 1.